The van der Waals surface area contributed by atoms with E-state index in [1.807, 2.05) is 18.2 Å². The Morgan fingerprint density at radius 1 is 1.42 bits per heavy atom. The van der Waals surface area contributed by atoms with Crippen LogP contribution in [0, 0.1) is 5.92 Å². The number of ether oxygens (including phenoxy) is 1. The van der Waals surface area contributed by atoms with Gasteiger partial charge in [0.2, 0.25) is 0 Å². The number of rotatable bonds is 7. The van der Waals surface area contributed by atoms with Gasteiger partial charge in [-0.2, -0.15) is 5.10 Å². The lowest BCUT2D eigenvalue weighted by Crippen LogP contribution is -2.31. The summed E-state index contributed by atoms with van der Waals surface area (Å²) in [7, 11) is 1.68. The summed E-state index contributed by atoms with van der Waals surface area (Å²) in [5.41, 5.74) is 2.59. The second-order valence-electron chi connectivity index (χ2n) is 6.23. The molecular weight excluding hydrogens is 372 g/mol. The number of nitrogens with one attached hydrogen (secondary N) is 3. The smallest absolute Gasteiger partial charge is 0.272 e. The monoisotopic (exact) mass is 396 g/mol. The van der Waals surface area contributed by atoms with Crippen LogP contribution in [-0.2, 0) is 13.0 Å². The first-order valence-electron chi connectivity index (χ1n) is 8.50. The van der Waals surface area contributed by atoms with Crippen LogP contribution in [0.25, 0.3) is 0 Å². The number of carbonyl (C=O) groups is 1. The summed E-state index contributed by atoms with van der Waals surface area (Å²) in [6.07, 6.45) is 0.890. The van der Waals surface area contributed by atoms with Gasteiger partial charge < -0.3 is 15.4 Å². The number of halogens is 1. The van der Waals surface area contributed by atoms with Crippen LogP contribution in [0.3, 0.4) is 0 Å². The average molecular weight is 397 g/mol. The molecule has 1 unspecified atom stereocenters. The number of thioether (sulfide) groups is 1. The molecule has 0 bridgehead atoms. The van der Waals surface area contributed by atoms with Crippen LogP contribution in [0.5, 0.6) is 5.75 Å². The van der Waals surface area contributed by atoms with Gasteiger partial charge in [-0.1, -0.05) is 19.1 Å². The van der Waals surface area contributed by atoms with E-state index in [-0.39, 0.29) is 18.3 Å². The minimum absolute atomic E-state index is 0. The standard InChI is InChI=1S/C18H24N4O2S.ClH/c1-12(11-25-16-6-4-3-5-15(16)24-2)9-20-18(23)17-13-10-19-8-7-14(13)21-22-17;/h3-6,12,19H,7-11H2,1-2H3,(H,20,23)(H,21,22);1H. The molecule has 6 nitrogen and oxygen atoms in total. The van der Waals surface area contributed by atoms with Crippen molar-refractivity contribution < 1.29 is 9.53 Å². The molecule has 0 saturated carbocycles. The van der Waals surface area contributed by atoms with Gasteiger partial charge in [0.15, 0.2) is 5.69 Å². The molecule has 0 spiro atoms. The molecule has 26 heavy (non-hydrogen) atoms. The zero-order valence-corrected chi connectivity index (χ0v) is 16.6. The number of fused-ring (bicyclic) bond motifs is 1. The fourth-order valence-electron chi connectivity index (χ4n) is 2.79. The van der Waals surface area contributed by atoms with Gasteiger partial charge in [0.25, 0.3) is 5.91 Å². The molecule has 1 atom stereocenters. The zero-order chi connectivity index (χ0) is 17.6. The number of H-pyrrole nitrogens is 1. The molecule has 0 radical (unpaired) electrons. The topological polar surface area (TPSA) is 79.0 Å². The number of aromatic amines is 1. The molecule has 0 aliphatic carbocycles. The van der Waals surface area contributed by atoms with Crippen molar-refractivity contribution in [2.24, 2.45) is 5.92 Å². The summed E-state index contributed by atoms with van der Waals surface area (Å²) in [4.78, 5) is 13.5. The van der Waals surface area contributed by atoms with E-state index in [9.17, 15) is 4.79 Å². The Balaban J connectivity index is 0.00000243. The molecule has 2 heterocycles. The van der Waals surface area contributed by atoms with E-state index >= 15 is 0 Å². The minimum atomic E-state index is -0.102. The van der Waals surface area contributed by atoms with Crippen molar-refractivity contribution in [1.29, 1.82) is 0 Å². The lowest BCUT2D eigenvalue weighted by molar-refractivity contribution is 0.0943. The Morgan fingerprint density at radius 2 is 2.23 bits per heavy atom. The molecule has 8 heteroatoms. The maximum atomic E-state index is 12.4. The van der Waals surface area contributed by atoms with Crippen molar-refractivity contribution in [3.63, 3.8) is 0 Å². The molecule has 2 aromatic rings. The quantitative estimate of drug-likeness (QED) is 0.627. The van der Waals surface area contributed by atoms with Gasteiger partial charge in [0, 0.05) is 48.0 Å². The first kappa shape index (κ1) is 20.6. The van der Waals surface area contributed by atoms with Crippen molar-refractivity contribution in [2.75, 3.05) is 26.0 Å². The molecule has 1 aromatic carbocycles. The summed E-state index contributed by atoms with van der Waals surface area (Å²) in [5.74, 6) is 2.03. The summed E-state index contributed by atoms with van der Waals surface area (Å²) in [5, 5.41) is 13.5. The number of hydrogen-bond acceptors (Lipinski definition) is 5. The second-order valence-corrected chi connectivity index (χ2v) is 7.29. The first-order valence-corrected chi connectivity index (χ1v) is 9.48. The van der Waals surface area contributed by atoms with E-state index in [4.69, 9.17) is 4.74 Å². The molecule has 0 fully saturated rings. The summed E-state index contributed by atoms with van der Waals surface area (Å²) < 4.78 is 5.37. The summed E-state index contributed by atoms with van der Waals surface area (Å²) >= 11 is 1.74. The van der Waals surface area contributed by atoms with E-state index in [1.165, 1.54) is 0 Å². The Hall–Kier alpha value is -1.70. The Labute approximate surface area is 164 Å². The van der Waals surface area contributed by atoms with Gasteiger partial charge in [-0.3, -0.25) is 9.89 Å². The number of aromatic nitrogens is 2. The average Bonchev–Trinajstić information content (AvgIpc) is 3.09. The van der Waals surface area contributed by atoms with Crippen molar-refractivity contribution in [3.05, 3.63) is 41.2 Å². The van der Waals surface area contributed by atoms with Gasteiger partial charge in [-0.25, -0.2) is 0 Å². The van der Waals surface area contributed by atoms with Gasteiger partial charge >= 0.3 is 0 Å². The third kappa shape index (κ3) is 4.93. The van der Waals surface area contributed by atoms with Gasteiger partial charge in [0.05, 0.1) is 7.11 Å². The Bertz CT molecular complexity index is 738. The van der Waals surface area contributed by atoms with Crippen LogP contribution in [0.4, 0.5) is 0 Å². The number of hydrogen-bond donors (Lipinski definition) is 3. The number of carbonyl (C=O) groups excluding carboxylic acids is 1. The summed E-state index contributed by atoms with van der Waals surface area (Å²) in [6, 6.07) is 7.99. The lowest BCUT2D eigenvalue weighted by atomic mass is 10.1. The minimum Gasteiger partial charge on any atom is -0.496 e. The second kappa shape index (κ2) is 9.85. The van der Waals surface area contributed by atoms with Crippen molar-refractivity contribution in [1.82, 2.24) is 20.8 Å². The first-order chi connectivity index (χ1) is 12.2. The predicted molar refractivity (Wildman–Crippen MR) is 106 cm³/mol. The van der Waals surface area contributed by atoms with Crippen LogP contribution >= 0.6 is 24.2 Å². The molecule has 3 N–H and O–H groups in total. The molecule has 0 saturated heterocycles. The molecule has 1 aromatic heterocycles. The highest BCUT2D eigenvalue weighted by Gasteiger charge is 2.21. The van der Waals surface area contributed by atoms with Crippen LogP contribution in [0.15, 0.2) is 29.2 Å². The third-order valence-corrected chi connectivity index (χ3v) is 5.61. The zero-order valence-electron chi connectivity index (χ0n) is 15.0. The highest BCUT2D eigenvalue weighted by molar-refractivity contribution is 7.99. The number of methoxy groups -OCH3 is 1. The molecule has 3 rings (SSSR count). The van der Waals surface area contributed by atoms with Crippen molar-refractivity contribution in [2.45, 2.75) is 24.8 Å². The number of nitrogens with zero attached hydrogens (tertiary/aromatic N) is 1. The fraction of sp³-hybridized carbons (Fsp3) is 0.444. The highest BCUT2D eigenvalue weighted by Crippen LogP contribution is 2.29. The van der Waals surface area contributed by atoms with E-state index in [2.05, 4.69) is 33.8 Å². The molecule has 142 valence electrons. The van der Waals surface area contributed by atoms with Crippen LogP contribution in [-0.4, -0.2) is 42.1 Å². The SMILES string of the molecule is COc1ccccc1SCC(C)CNC(=O)c1n[nH]c2c1CNCC2.Cl. The Morgan fingerprint density at radius 3 is 3.04 bits per heavy atom. The number of amides is 1. The fourth-order valence-corrected chi connectivity index (χ4v) is 3.84. The maximum Gasteiger partial charge on any atom is 0.272 e. The van der Waals surface area contributed by atoms with Gasteiger partial charge in [-0.05, 0) is 18.1 Å². The summed E-state index contributed by atoms with van der Waals surface area (Å²) in [6.45, 7) is 4.38. The van der Waals surface area contributed by atoms with Crippen molar-refractivity contribution >= 4 is 30.1 Å². The van der Waals surface area contributed by atoms with E-state index in [0.717, 1.165) is 40.6 Å². The number of benzene rings is 1. The molecule has 1 amide bonds. The highest BCUT2D eigenvalue weighted by atomic mass is 35.5. The predicted octanol–water partition coefficient (Wildman–Crippen LogP) is 2.64. The Kier molecular flexibility index (Phi) is 7.81. The lowest BCUT2D eigenvalue weighted by Gasteiger charge is -2.15. The van der Waals surface area contributed by atoms with E-state index in [1.54, 1.807) is 18.9 Å². The third-order valence-electron chi connectivity index (χ3n) is 4.22. The maximum absolute atomic E-state index is 12.4. The van der Waals surface area contributed by atoms with Gasteiger partial charge in [-0.15, -0.1) is 24.2 Å². The van der Waals surface area contributed by atoms with E-state index in [0.29, 0.717) is 24.7 Å². The largest absolute Gasteiger partial charge is 0.496 e. The molecule has 1 aliphatic rings. The van der Waals surface area contributed by atoms with Crippen LogP contribution in [0.1, 0.15) is 28.7 Å². The number of para-hydroxylation sites is 1. The van der Waals surface area contributed by atoms with E-state index < -0.39 is 0 Å². The van der Waals surface area contributed by atoms with Crippen molar-refractivity contribution in [3.8, 4) is 5.75 Å². The molecular formula is C18H25ClN4O2S. The van der Waals surface area contributed by atoms with Crippen LogP contribution < -0.4 is 15.4 Å². The normalized spacial score (nSPS) is 14.1. The molecule has 1 aliphatic heterocycles. The van der Waals surface area contributed by atoms with Crippen LogP contribution in [0.2, 0.25) is 0 Å². The van der Waals surface area contributed by atoms with Gasteiger partial charge in [0.1, 0.15) is 5.75 Å².